The van der Waals surface area contributed by atoms with Gasteiger partial charge in [-0.05, 0) is 70.2 Å². The monoisotopic (exact) mass is 452 g/mol. The lowest BCUT2D eigenvalue weighted by atomic mass is 9.88. The van der Waals surface area contributed by atoms with Crippen molar-refractivity contribution in [2.45, 2.75) is 58.5 Å². The van der Waals surface area contributed by atoms with E-state index in [9.17, 15) is 18.4 Å². The van der Waals surface area contributed by atoms with Crippen molar-refractivity contribution in [1.82, 2.24) is 9.88 Å². The third kappa shape index (κ3) is 5.89. The summed E-state index contributed by atoms with van der Waals surface area (Å²) in [5.74, 6) is -0.103. The Morgan fingerprint density at radius 3 is 2.47 bits per heavy atom. The summed E-state index contributed by atoms with van der Waals surface area (Å²) in [7, 11) is 0. The molecule has 9 heteroatoms. The summed E-state index contributed by atoms with van der Waals surface area (Å²) in [5, 5.41) is 0.673. The van der Waals surface area contributed by atoms with E-state index in [4.69, 9.17) is 14.2 Å². The minimum Gasteiger partial charge on any atom is -0.487 e. The zero-order valence-corrected chi connectivity index (χ0v) is 18.9. The number of alkyl halides is 2. The highest BCUT2D eigenvalue weighted by Crippen LogP contribution is 2.38. The molecule has 32 heavy (non-hydrogen) atoms. The summed E-state index contributed by atoms with van der Waals surface area (Å²) in [6.45, 7) is 7.69. The zero-order valence-electron chi connectivity index (χ0n) is 18.9. The number of aromatic nitrogens is 1. The number of piperidine rings is 1. The van der Waals surface area contributed by atoms with E-state index in [0.717, 1.165) is 5.56 Å². The second-order valence-electron chi connectivity index (χ2n) is 8.82. The number of hydrogen-bond donors (Lipinski definition) is 1. The van der Waals surface area contributed by atoms with Crippen LogP contribution < -0.4 is 4.74 Å². The number of aromatic amines is 1. The Bertz CT molecular complexity index is 959. The third-order valence-corrected chi connectivity index (χ3v) is 5.20. The van der Waals surface area contributed by atoms with Crippen molar-refractivity contribution < 1.29 is 32.6 Å². The van der Waals surface area contributed by atoms with Gasteiger partial charge in [-0.25, -0.2) is 18.4 Å². The maximum Gasteiger partial charge on any atom is 0.410 e. The number of likely N-dealkylation sites (tertiary alicyclic amines) is 1. The number of rotatable bonds is 6. The maximum atomic E-state index is 12.8. The Labute approximate surface area is 186 Å². The molecule has 0 saturated carbocycles. The molecular formula is C23H30F2N2O5. The fraction of sp³-hybridized carbons (Fsp3) is 0.565. The highest BCUT2D eigenvalue weighted by molar-refractivity contribution is 5.95. The van der Waals surface area contributed by atoms with Crippen molar-refractivity contribution in [2.75, 3.05) is 26.3 Å². The number of ether oxygens (including phenoxy) is 3. The molecule has 1 aromatic heterocycles. The number of nitrogens with zero attached hydrogens (tertiary/aromatic N) is 1. The molecule has 0 bridgehead atoms. The van der Waals surface area contributed by atoms with Gasteiger partial charge in [0.2, 0.25) is 0 Å². The molecule has 1 saturated heterocycles. The van der Waals surface area contributed by atoms with Gasteiger partial charge in [-0.15, -0.1) is 0 Å². The van der Waals surface area contributed by atoms with Gasteiger partial charge in [-0.2, -0.15) is 0 Å². The van der Waals surface area contributed by atoms with Gasteiger partial charge in [0, 0.05) is 24.0 Å². The average molecular weight is 452 g/mol. The summed E-state index contributed by atoms with van der Waals surface area (Å²) in [6.07, 6.45) is -1.68. The van der Waals surface area contributed by atoms with Gasteiger partial charge in [0.25, 0.3) is 6.43 Å². The number of esters is 1. The molecule has 7 nitrogen and oxygen atoms in total. The van der Waals surface area contributed by atoms with Crippen molar-refractivity contribution in [1.29, 1.82) is 0 Å². The molecule has 1 aromatic carbocycles. The summed E-state index contributed by atoms with van der Waals surface area (Å²) >= 11 is 0. The smallest absolute Gasteiger partial charge is 0.410 e. The highest BCUT2D eigenvalue weighted by atomic mass is 19.3. The molecule has 1 amide bonds. The Morgan fingerprint density at radius 1 is 1.19 bits per heavy atom. The van der Waals surface area contributed by atoms with Crippen molar-refractivity contribution in [2.24, 2.45) is 0 Å². The number of amides is 1. The first kappa shape index (κ1) is 23.8. The minimum atomic E-state index is -2.60. The largest absolute Gasteiger partial charge is 0.487 e. The molecule has 1 aliphatic heterocycles. The molecule has 0 radical (unpaired) electrons. The van der Waals surface area contributed by atoms with Crippen LogP contribution in [0.25, 0.3) is 10.9 Å². The Morgan fingerprint density at radius 2 is 1.88 bits per heavy atom. The first-order chi connectivity index (χ1) is 15.1. The minimum absolute atomic E-state index is 0.0140. The van der Waals surface area contributed by atoms with Crippen LogP contribution >= 0.6 is 0 Å². The Kier molecular flexibility index (Phi) is 7.26. The summed E-state index contributed by atoms with van der Waals surface area (Å²) in [4.78, 5) is 29.1. The van der Waals surface area contributed by atoms with Gasteiger partial charge in [-0.1, -0.05) is 0 Å². The van der Waals surface area contributed by atoms with Gasteiger partial charge in [0.15, 0.2) is 0 Å². The number of benzene rings is 1. The molecular weight excluding hydrogens is 422 g/mol. The topological polar surface area (TPSA) is 80.9 Å². The highest BCUT2D eigenvalue weighted by Gasteiger charge is 2.29. The van der Waals surface area contributed by atoms with Crippen molar-refractivity contribution in [3.05, 3.63) is 29.5 Å². The van der Waals surface area contributed by atoms with Crippen molar-refractivity contribution >= 4 is 23.0 Å². The second kappa shape index (κ2) is 9.75. The lowest BCUT2D eigenvalue weighted by Crippen LogP contribution is -2.41. The molecule has 0 atom stereocenters. The zero-order chi connectivity index (χ0) is 23.5. The van der Waals surface area contributed by atoms with Gasteiger partial charge in [0.05, 0.1) is 6.61 Å². The molecule has 2 aromatic rings. The summed E-state index contributed by atoms with van der Waals surface area (Å²) in [6, 6.07) is 5.14. The van der Waals surface area contributed by atoms with E-state index in [-0.39, 0.29) is 18.6 Å². The number of carbonyl (C=O) groups excluding carboxylic acids is 2. The lowest BCUT2D eigenvalue weighted by molar-refractivity contribution is 0.0203. The maximum absolute atomic E-state index is 12.8. The van der Waals surface area contributed by atoms with Crippen LogP contribution in [0, 0.1) is 0 Å². The molecule has 1 N–H and O–H groups in total. The van der Waals surface area contributed by atoms with Crippen LogP contribution in [-0.4, -0.2) is 60.3 Å². The van der Waals surface area contributed by atoms with E-state index >= 15 is 0 Å². The predicted octanol–water partition coefficient (Wildman–Crippen LogP) is 5.10. The van der Waals surface area contributed by atoms with E-state index in [2.05, 4.69) is 4.98 Å². The molecule has 0 aliphatic carbocycles. The van der Waals surface area contributed by atoms with Crippen molar-refractivity contribution in [3.63, 3.8) is 0 Å². The Hall–Kier alpha value is -2.84. The number of H-pyrrole nitrogens is 1. The summed E-state index contributed by atoms with van der Waals surface area (Å²) < 4.78 is 41.6. The van der Waals surface area contributed by atoms with E-state index in [1.165, 1.54) is 0 Å². The number of fused-ring (bicyclic) bond motifs is 1. The van der Waals surface area contributed by atoms with Crippen molar-refractivity contribution in [3.8, 4) is 5.75 Å². The fourth-order valence-electron chi connectivity index (χ4n) is 3.79. The standard InChI is InChI=1S/C23H30F2N2O5/c1-5-30-21(28)18-10-15-11-19(31-13-20(24)25)16(12-17(15)26-18)14-6-8-27(9-7-14)22(29)32-23(2,3)4/h10-12,14,20,26H,5-9,13H2,1-4H3. The number of hydrogen-bond acceptors (Lipinski definition) is 5. The van der Waals surface area contributed by atoms with Crippen LogP contribution in [0.5, 0.6) is 5.75 Å². The quantitative estimate of drug-likeness (QED) is 0.617. The number of halogens is 2. The van der Waals surface area contributed by atoms with E-state index < -0.39 is 24.6 Å². The van der Waals surface area contributed by atoms with Gasteiger partial charge in [-0.3, -0.25) is 0 Å². The fourth-order valence-corrected chi connectivity index (χ4v) is 3.79. The third-order valence-electron chi connectivity index (χ3n) is 5.20. The number of carbonyl (C=O) groups is 2. The van der Waals surface area contributed by atoms with Gasteiger partial charge in [0.1, 0.15) is 23.7 Å². The predicted molar refractivity (Wildman–Crippen MR) is 116 cm³/mol. The van der Waals surface area contributed by atoms with Gasteiger partial charge < -0.3 is 24.1 Å². The molecule has 1 fully saturated rings. The second-order valence-corrected chi connectivity index (χ2v) is 8.82. The molecule has 0 unspecified atom stereocenters. The molecule has 0 spiro atoms. The SMILES string of the molecule is CCOC(=O)c1cc2cc(OCC(F)F)c(C3CCN(C(=O)OC(C)(C)C)CC3)cc2[nH]1. The van der Waals surface area contributed by atoms with Crippen LogP contribution in [-0.2, 0) is 9.47 Å². The summed E-state index contributed by atoms with van der Waals surface area (Å²) in [5.41, 5.74) is 1.19. The normalized spacial score (nSPS) is 15.3. The molecule has 176 valence electrons. The van der Waals surface area contributed by atoms with E-state index in [0.29, 0.717) is 48.3 Å². The van der Waals surface area contributed by atoms with Crippen LogP contribution in [0.3, 0.4) is 0 Å². The molecule has 3 rings (SSSR count). The van der Waals surface area contributed by atoms with Crippen LogP contribution in [0.2, 0.25) is 0 Å². The first-order valence-corrected chi connectivity index (χ1v) is 10.8. The molecule has 1 aliphatic rings. The van der Waals surface area contributed by atoms with Gasteiger partial charge >= 0.3 is 12.1 Å². The Balaban J connectivity index is 1.83. The first-order valence-electron chi connectivity index (χ1n) is 10.8. The van der Waals surface area contributed by atoms with Crippen LogP contribution in [0.15, 0.2) is 18.2 Å². The van der Waals surface area contributed by atoms with Crippen LogP contribution in [0.4, 0.5) is 13.6 Å². The number of nitrogens with one attached hydrogen (secondary N) is 1. The average Bonchev–Trinajstić information content (AvgIpc) is 3.13. The van der Waals surface area contributed by atoms with Crippen LogP contribution in [0.1, 0.15) is 62.5 Å². The molecule has 2 heterocycles. The van der Waals surface area contributed by atoms with E-state index in [1.54, 1.807) is 24.0 Å². The lowest BCUT2D eigenvalue weighted by Gasteiger charge is -2.34. The van der Waals surface area contributed by atoms with E-state index in [1.807, 2.05) is 26.8 Å².